The number of aliphatic hydroxyl groups is 1. The van der Waals surface area contributed by atoms with Crippen molar-refractivity contribution >= 4 is 0 Å². The zero-order chi connectivity index (χ0) is 11.7. The van der Waals surface area contributed by atoms with Crippen molar-refractivity contribution < 1.29 is 18.4 Å². The number of benzene rings is 1. The summed E-state index contributed by atoms with van der Waals surface area (Å²) < 4.78 is 31.5. The molecule has 3 nitrogen and oxygen atoms in total. The Hall–Kier alpha value is -1.75. The van der Waals surface area contributed by atoms with Crippen LogP contribution in [-0.4, -0.2) is 10.3 Å². The molecule has 1 N–H and O–H groups in total. The van der Waals surface area contributed by atoms with Crippen LogP contribution in [0.1, 0.15) is 18.8 Å². The Labute approximate surface area is 90.3 Å². The Morgan fingerprint density at radius 1 is 1.31 bits per heavy atom. The van der Waals surface area contributed by atoms with Crippen LogP contribution < -0.4 is 0 Å². The largest absolute Gasteiger partial charge is 0.385 e. The highest BCUT2D eigenvalue weighted by Crippen LogP contribution is 2.27. The summed E-state index contributed by atoms with van der Waals surface area (Å²) >= 11 is 0. The predicted molar refractivity (Wildman–Crippen MR) is 52.5 cm³/mol. The molecule has 0 aliphatic heterocycles. The third-order valence-electron chi connectivity index (χ3n) is 2.16. The van der Waals surface area contributed by atoms with E-state index in [0.29, 0.717) is 0 Å². The van der Waals surface area contributed by atoms with Gasteiger partial charge in [-0.05, 0) is 19.1 Å². The highest BCUT2D eigenvalue weighted by Gasteiger charge is 2.17. The molecule has 5 heteroatoms. The van der Waals surface area contributed by atoms with Crippen molar-refractivity contribution in [2.45, 2.75) is 13.0 Å². The van der Waals surface area contributed by atoms with Gasteiger partial charge >= 0.3 is 0 Å². The second-order valence-corrected chi connectivity index (χ2v) is 3.39. The van der Waals surface area contributed by atoms with Gasteiger partial charge in [-0.15, -0.1) is 0 Å². The van der Waals surface area contributed by atoms with E-state index in [0.717, 1.165) is 12.1 Å². The van der Waals surface area contributed by atoms with Gasteiger partial charge in [0.1, 0.15) is 23.4 Å². The number of nitrogens with zero attached hydrogens (tertiary/aromatic N) is 1. The van der Waals surface area contributed by atoms with Crippen molar-refractivity contribution in [1.29, 1.82) is 0 Å². The fourth-order valence-corrected chi connectivity index (χ4v) is 1.35. The lowest BCUT2D eigenvalue weighted by Gasteiger charge is -1.99. The maximum atomic E-state index is 13.4. The number of halogens is 2. The van der Waals surface area contributed by atoms with Crippen molar-refractivity contribution in [2.75, 3.05) is 0 Å². The molecule has 84 valence electrons. The normalized spacial score (nSPS) is 12.8. The first-order valence-corrected chi connectivity index (χ1v) is 4.68. The first kappa shape index (κ1) is 10.8. The molecule has 1 heterocycles. The zero-order valence-electron chi connectivity index (χ0n) is 8.45. The number of aromatic nitrogens is 1. The van der Waals surface area contributed by atoms with Crippen LogP contribution in [0, 0.1) is 11.6 Å². The maximum absolute atomic E-state index is 13.4. The molecular formula is C11H9F2NO2. The van der Waals surface area contributed by atoms with Crippen LogP contribution in [0.5, 0.6) is 0 Å². The molecule has 0 fully saturated rings. The Kier molecular flexibility index (Phi) is 2.70. The summed E-state index contributed by atoms with van der Waals surface area (Å²) in [4.78, 5) is 0. The highest BCUT2D eigenvalue weighted by molar-refractivity contribution is 5.60. The summed E-state index contributed by atoms with van der Waals surface area (Å²) in [6.45, 7) is 1.47. The van der Waals surface area contributed by atoms with Crippen LogP contribution in [0.4, 0.5) is 8.78 Å². The smallest absolute Gasteiger partial charge is 0.165 e. The molecule has 0 saturated carbocycles. The lowest BCUT2D eigenvalue weighted by atomic mass is 10.1. The van der Waals surface area contributed by atoms with E-state index in [4.69, 9.17) is 4.52 Å². The van der Waals surface area contributed by atoms with Crippen molar-refractivity contribution in [3.05, 3.63) is 41.7 Å². The molecule has 0 bridgehead atoms. The van der Waals surface area contributed by atoms with Crippen LogP contribution in [0.2, 0.25) is 0 Å². The molecule has 0 amide bonds. The summed E-state index contributed by atoms with van der Waals surface area (Å²) in [5, 5.41) is 12.7. The molecule has 0 saturated heterocycles. The van der Waals surface area contributed by atoms with E-state index in [-0.39, 0.29) is 17.0 Å². The fraction of sp³-hybridized carbons (Fsp3) is 0.182. The van der Waals surface area contributed by atoms with E-state index in [1.54, 1.807) is 0 Å². The van der Waals surface area contributed by atoms with Crippen molar-refractivity contribution in [3.63, 3.8) is 0 Å². The molecule has 1 atom stereocenters. The Bertz CT molecular complexity index is 488. The SMILES string of the molecule is CC(O)c1cc(-c2c(F)cccc2F)no1. The second-order valence-electron chi connectivity index (χ2n) is 3.39. The molecular weight excluding hydrogens is 216 g/mol. The van der Waals surface area contributed by atoms with Crippen LogP contribution >= 0.6 is 0 Å². The fourth-order valence-electron chi connectivity index (χ4n) is 1.35. The highest BCUT2D eigenvalue weighted by atomic mass is 19.1. The van der Waals surface area contributed by atoms with E-state index >= 15 is 0 Å². The van der Waals surface area contributed by atoms with Gasteiger partial charge in [0.15, 0.2) is 5.76 Å². The summed E-state index contributed by atoms with van der Waals surface area (Å²) in [5.74, 6) is -1.27. The first-order chi connectivity index (χ1) is 7.59. The Balaban J connectivity index is 2.50. The molecule has 1 unspecified atom stereocenters. The third-order valence-corrected chi connectivity index (χ3v) is 2.16. The molecule has 0 aliphatic carbocycles. The molecule has 0 radical (unpaired) electrons. The predicted octanol–water partition coefficient (Wildman–Crippen LogP) is 2.67. The van der Waals surface area contributed by atoms with Crippen LogP contribution in [0.25, 0.3) is 11.3 Å². The van der Waals surface area contributed by atoms with Crippen molar-refractivity contribution in [1.82, 2.24) is 5.16 Å². The average molecular weight is 225 g/mol. The number of hydrogen-bond acceptors (Lipinski definition) is 3. The molecule has 0 aliphatic rings. The topological polar surface area (TPSA) is 46.3 Å². The van der Waals surface area contributed by atoms with Crippen LogP contribution in [0.15, 0.2) is 28.8 Å². The van der Waals surface area contributed by atoms with Crippen molar-refractivity contribution in [3.8, 4) is 11.3 Å². The molecule has 1 aromatic heterocycles. The first-order valence-electron chi connectivity index (χ1n) is 4.68. The van der Waals surface area contributed by atoms with Crippen LogP contribution in [-0.2, 0) is 0 Å². The van der Waals surface area contributed by atoms with E-state index in [2.05, 4.69) is 5.16 Å². The van der Waals surface area contributed by atoms with Gasteiger partial charge in [0.05, 0.1) is 5.56 Å². The number of rotatable bonds is 2. The summed E-state index contributed by atoms with van der Waals surface area (Å²) in [6.07, 6.45) is -0.865. The monoisotopic (exact) mass is 225 g/mol. The standard InChI is InChI=1S/C11H9F2NO2/c1-6(15)10-5-9(14-16-10)11-7(12)3-2-4-8(11)13/h2-6,15H,1H3. The third kappa shape index (κ3) is 1.81. The van der Waals surface area contributed by atoms with E-state index in [9.17, 15) is 13.9 Å². The second kappa shape index (κ2) is 4.02. The van der Waals surface area contributed by atoms with Gasteiger partial charge < -0.3 is 9.63 Å². The average Bonchev–Trinajstić information content (AvgIpc) is 2.66. The number of aliphatic hydroxyl groups excluding tert-OH is 1. The lowest BCUT2D eigenvalue weighted by molar-refractivity contribution is 0.158. The van der Waals surface area contributed by atoms with Gasteiger partial charge in [-0.3, -0.25) is 0 Å². The minimum absolute atomic E-state index is 0.0338. The van der Waals surface area contributed by atoms with Gasteiger partial charge in [-0.2, -0.15) is 0 Å². The summed E-state index contributed by atoms with van der Waals surface area (Å²) in [5.41, 5.74) is -0.218. The minimum Gasteiger partial charge on any atom is -0.385 e. The molecule has 1 aromatic carbocycles. The lowest BCUT2D eigenvalue weighted by Crippen LogP contribution is -1.89. The maximum Gasteiger partial charge on any atom is 0.165 e. The quantitative estimate of drug-likeness (QED) is 0.854. The van der Waals surface area contributed by atoms with Gasteiger partial charge in [-0.25, -0.2) is 8.78 Å². The van der Waals surface area contributed by atoms with E-state index in [1.807, 2.05) is 0 Å². The molecule has 16 heavy (non-hydrogen) atoms. The van der Waals surface area contributed by atoms with Crippen molar-refractivity contribution in [2.24, 2.45) is 0 Å². The van der Waals surface area contributed by atoms with Gasteiger partial charge in [0, 0.05) is 6.07 Å². The Morgan fingerprint density at radius 3 is 2.44 bits per heavy atom. The summed E-state index contributed by atoms with van der Waals surface area (Å²) in [7, 11) is 0. The zero-order valence-corrected chi connectivity index (χ0v) is 8.45. The van der Waals surface area contributed by atoms with E-state index < -0.39 is 17.7 Å². The number of hydrogen-bond donors (Lipinski definition) is 1. The van der Waals surface area contributed by atoms with Gasteiger partial charge in [0.25, 0.3) is 0 Å². The molecule has 0 spiro atoms. The van der Waals surface area contributed by atoms with E-state index in [1.165, 1.54) is 19.1 Å². The van der Waals surface area contributed by atoms with Gasteiger partial charge in [0.2, 0.25) is 0 Å². The molecule has 2 aromatic rings. The van der Waals surface area contributed by atoms with Gasteiger partial charge in [-0.1, -0.05) is 11.2 Å². The molecule has 2 rings (SSSR count). The van der Waals surface area contributed by atoms with Crippen LogP contribution in [0.3, 0.4) is 0 Å². The Morgan fingerprint density at radius 2 is 1.94 bits per heavy atom. The summed E-state index contributed by atoms with van der Waals surface area (Å²) in [6, 6.07) is 4.85. The minimum atomic E-state index is -0.865.